The van der Waals surface area contributed by atoms with Crippen molar-refractivity contribution in [2.24, 2.45) is 0 Å². The fraction of sp³-hybridized carbons (Fsp3) is 0.273. The molecule has 0 radical (unpaired) electrons. The van der Waals surface area contributed by atoms with Crippen molar-refractivity contribution >= 4 is 38.5 Å². The minimum atomic E-state index is 0.130. The zero-order valence-corrected chi connectivity index (χ0v) is 11.5. The third kappa shape index (κ3) is 2.04. The molecule has 2 rings (SSSR count). The molecule has 1 nitrogen and oxygen atoms in total. The molecule has 0 bridgehead atoms. The van der Waals surface area contributed by atoms with Crippen LogP contribution in [0.5, 0.6) is 0 Å². The number of hydrogen-bond donors (Lipinski definition) is 0. The Hall–Kier alpha value is 0.130. The molecular formula is C11H10BrIO. The molecule has 1 aliphatic rings. The summed E-state index contributed by atoms with van der Waals surface area (Å²) >= 11 is 5.84. The third-order valence-corrected chi connectivity index (χ3v) is 4.86. The van der Waals surface area contributed by atoms with E-state index in [1.807, 2.05) is 0 Å². The second-order valence-corrected chi connectivity index (χ2v) is 5.47. The Morgan fingerprint density at radius 1 is 1.36 bits per heavy atom. The summed E-state index contributed by atoms with van der Waals surface area (Å²) in [6.45, 7) is 2.78. The summed E-state index contributed by atoms with van der Waals surface area (Å²) in [6.07, 6.45) is 0.130. The number of benzene rings is 1. The molecule has 0 N–H and O–H groups in total. The third-order valence-electron chi connectivity index (χ3n) is 2.25. The van der Waals surface area contributed by atoms with Gasteiger partial charge in [-0.1, -0.05) is 45.8 Å². The lowest BCUT2D eigenvalue weighted by molar-refractivity contribution is 0.128. The number of rotatable bonds is 1. The van der Waals surface area contributed by atoms with Crippen LogP contribution in [-0.2, 0) is 4.74 Å². The maximum Gasteiger partial charge on any atom is 0.115 e. The van der Waals surface area contributed by atoms with Crippen LogP contribution in [0.4, 0.5) is 0 Å². The van der Waals surface area contributed by atoms with E-state index in [-0.39, 0.29) is 6.10 Å². The number of halogens is 2. The van der Waals surface area contributed by atoms with Gasteiger partial charge >= 0.3 is 0 Å². The summed E-state index contributed by atoms with van der Waals surface area (Å²) in [6, 6.07) is 8.50. The molecule has 1 aromatic carbocycles. The Bertz CT molecular complexity index is 369. The molecule has 0 fully saturated rings. The topological polar surface area (TPSA) is 9.23 Å². The van der Waals surface area contributed by atoms with Gasteiger partial charge in [0.2, 0.25) is 0 Å². The van der Waals surface area contributed by atoms with Crippen LogP contribution in [0.1, 0.15) is 17.2 Å². The van der Waals surface area contributed by atoms with Gasteiger partial charge in [0.05, 0.1) is 6.61 Å². The molecule has 0 saturated carbocycles. The summed E-state index contributed by atoms with van der Waals surface area (Å²) in [5.41, 5.74) is 2.51. The van der Waals surface area contributed by atoms with Crippen LogP contribution in [0.3, 0.4) is 0 Å². The monoisotopic (exact) mass is 364 g/mol. The first-order valence-corrected chi connectivity index (χ1v) is 6.28. The van der Waals surface area contributed by atoms with E-state index < -0.39 is 0 Å². The molecule has 14 heavy (non-hydrogen) atoms. The minimum absolute atomic E-state index is 0.130. The van der Waals surface area contributed by atoms with Gasteiger partial charge in [-0.05, 0) is 35.1 Å². The van der Waals surface area contributed by atoms with E-state index in [0.29, 0.717) is 6.61 Å². The van der Waals surface area contributed by atoms with Crippen molar-refractivity contribution in [3.8, 4) is 0 Å². The van der Waals surface area contributed by atoms with Gasteiger partial charge in [-0.2, -0.15) is 0 Å². The fourth-order valence-corrected chi connectivity index (χ4v) is 2.46. The smallest absolute Gasteiger partial charge is 0.115 e. The van der Waals surface area contributed by atoms with Gasteiger partial charge in [0.1, 0.15) is 6.10 Å². The van der Waals surface area contributed by atoms with E-state index in [4.69, 9.17) is 4.74 Å². The van der Waals surface area contributed by atoms with Crippen molar-refractivity contribution in [1.29, 1.82) is 0 Å². The van der Waals surface area contributed by atoms with E-state index in [2.05, 4.69) is 69.7 Å². The number of aryl methyl sites for hydroxylation is 1. The Labute approximate surface area is 106 Å². The van der Waals surface area contributed by atoms with Crippen molar-refractivity contribution in [2.75, 3.05) is 6.61 Å². The predicted octanol–water partition coefficient (Wildman–Crippen LogP) is 4.11. The molecular weight excluding hydrogens is 355 g/mol. The average Bonchev–Trinajstić information content (AvgIpc) is 2.50. The van der Waals surface area contributed by atoms with Crippen LogP contribution >= 0.6 is 38.5 Å². The van der Waals surface area contributed by atoms with Crippen molar-refractivity contribution in [3.05, 3.63) is 43.5 Å². The van der Waals surface area contributed by atoms with Crippen LogP contribution in [0.2, 0.25) is 0 Å². The van der Waals surface area contributed by atoms with Crippen molar-refractivity contribution in [2.45, 2.75) is 13.0 Å². The molecule has 0 spiro atoms. The molecule has 1 atom stereocenters. The van der Waals surface area contributed by atoms with Gasteiger partial charge in [0.15, 0.2) is 0 Å². The number of ether oxygens (including phenoxy) is 1. The minimum Gasteiger partial charge on any atom is -0.363 e. The standard InChI is InChI=1S/C11H10BrIO/c1-7-2-4-8(5-3-7)11-10(13)9(12)6-14-11/h2-5,11H,6H2,1H3. The van der Waals surface area contributed by atoms with E-state index in [9.17, 15) is 0 Å². The van der Waals surface area contributed by atoms with Gasteiger partial charge in [-0.15, -0.1) is 0 Å². The lowest BCUT2D eigenvalue weighted by atomic mass is 10.1. The summed E-state index contributed by atoms with van der Waals surface area (Å²) in [4.78, 5) is 0. The highest BCUT2D eigenvalue weighted by molar-refractivity contribution is 14.1. The Morgan fingerprint density at radius 2 is 2.00 bits per heavy atom. The van der Waals surface area contributed by atoms with E-state index in [1.54, 1.807) is 0 Å². The van der Waals surface area contributed by atoms with Crippen LogP contribution in [0, 0.1) is 6.92 Å². The quantitative estimate of drug-likeness (QED) is 0.681. The molecule has 74 valence electrons. The SMILES string of the molecule is Cc1ccc(C2OCC(Br)=C2I)cc1. The highest BCUT2D eigenvalue weighted by Gasteiger charge is 2.24. The molecule has 1 aliphatic heterocycles. The van der Waals surface area contributed by atoms with Gasteiger partial charge < -0.3 is 4.74 Å². The van der Waals surface area contributed by atoms with E-state index >= 15 is 0 Å². The number of hydrogen-bond acceptors (Lipinski definition) is 1. The second kappa shape index (κ2) is 4.33. The summed E-state index contributed by atoms with van der Waals surface area (Å²) in [5.74, 6) is 0. The highest BCUT2D eigenvalue weighted by Crippen LogP contribution is 2.40. The van der Waals surface area contributed by atoms with E-state index in [0.717, 1.165) is 0 Å². The molecule has 0 aliphatic carbocycles. The van der Waals surface area contributed by atoms with Crippen LogP contribution < -0.4 is 0 Å². The lowest BCUT2D eigenvalue weighted by Gasteiger charge is -2.11. The van der Waals surface area contributed by atoms with Crippen molar-refractivity contribution < 1.29 is 4.74 Å². The van der Waals surface area contributed by atoms with Crippen LogP contribution in [-0.4, -0.2) is 6.61 Å². The van der Waals surface area contributed by atoms with Crippen molar-refractivity contribution in [3.63, 3.8) is 0 Å². The first kappa shape index (κ1) is 10.6. The summed E-state index contributed by atoms with van der Waals surface area (Å²) in [5, 5.41) is 0. The normalized spacial score (nSPS) is 21.8. The molecule has 3 heteroatoms. The van der Waals surface area contributed by atoms with E-state index in [1.165, 1.54) is 19.2 Å². The average molecular weight is 365 g/mol. The van der Waals surface area contributed by atoms with Gasteiger partial charge in [0, 0.05) is 8.06 Å². The maximum atomic E-state index is 5.67. The van der Waals surface area contributed by atoms with Crippen LogP contribution in [0.25, 0.3) is 0 Å². The molecule has 1 aromatic rings. The molecule has 1 unspecified atom stereocenters. The molecule has 0 saturated heterocycles. The largest absolute Gasteiger partial charge is 0.363 e. The highest BCUT2D eigenvalue weighted by atomic mass is 127. The zero-order valence-electron chi connectivity index (χ0n) is 7.76. The van der Waals surface area contributed by atoms with Gasteiger partial charge in [-0.3, -0.25) is 0 Å². The molecule has 0 aromatic heterocycles. The Kier molecular flexibility index (Phi) is 3.29. The zero-order chi connectivity index (χ0) is 10.1. The van der Waals surface area contributed by atoms with Crippen molar-refractivity contribution in [1.82, 2.24) is 0 Å². The Balaban J connectivity index is 2.29. The fourth-order valence-electron chi connectivity index (χ4n) is 1.42. The molecule has 0 amide bonds. The van der Waals surface area contributed by atoms with Gasteiger partial charge in [-0.25, -0.2) is 0 Å². The first-order chi connectivity index (χ1) is 6.68. The lowest BCUT2D eigenvalue weighted by Crippen LogP contribution is -1.97. The second-order valence-electron chi connectivity index (χ2n) is 3.35. The summed E-state index contributed by atoms with van der Waals surface area (Å²) < 4.78 is 8.10. The Morgan fingerprint density at radius 3 is 2.50 bits per heavy atom. The van der Waals surface area contributed by atoms with Crippen LogP contribution in [0.15, 0.2) is 32.3 Å². The van der Waals surface area contributed by atoms with Gasteiger partial charge in [0.25, 0.3) is 0 Å². The predicted molar refractivity (Wildman–Crippen MR) is 69.8 cm³/mol. The molecule has 1 heterocycles. The maximum absolute atomic E-state index is 5.67. The first-order valence-electron chi connectivity index (χ1n) is 4.40. The summed E-state index contributed by atoms with van der Waals surface area (Å²) in [7, 11) is 0.